The van der Waals surface area contributed by atoms with Crippen molar-refractivity contribution in [2.45, 2.75) is 45.2 Å². The molecule has 0 saturated carbocycles. The van der Waals surface area contributed by atoms with Crippen LogP contribution in [0.5, 0.6) is 0 Å². The molecule has 0 heterocycles. The maximum atomic E-state index is 5.63. The van der Waals surface area contributed by atoms with Crippen molar-refractivity contribution < 1.29 is 0 Å². The Bertz CT molecular complexity index is 87.3. The van der Waals surface area contributed by atoms with Gasteiger partial charge < -0.3 is 11.1 Å². The van der Waals surface area contributed by atoms with Crippen molar-refractivity contribution in [3.8, 4) is 0 Å². The lowest BCUT2D eigenvalue weighted by Crippen LogP contribution is -2.37. The van der Waals surface area contributed by atoms with Crippen LogP contribution in [0.2, 0.25) is 0 Å². The zero-order chi connectivity index (χ0) is 8.20. The Morgan fingerprint density at radius 1 is 1.50 bits per heavy atom. The lowest BCUT2D eigenvalue weighted by Gasteiger charge is -2.24. The van der Waals surface area contributed by atoms with Crippen LogP contribution >= 0.6 is 0 Å². The standard InChI is InChI=1S/C8H20N2/c1-7(9)5-6-8(2,3)10-4/h7,10H,5-6,9H2,1-4H3. The fraction of sp³-hybridized carbons (Fsp3) is 1.00. The monoisotopic (exact) mass is 144 g/mol. The van der Waals surface area contributed by atoms with Gasteiger partial charge in [0.1, 0.15) is 0 Å². The van der Waals surface area contributed by atoms with E-state index in [1.165, 1.54) is 0 Å². The zero-order valence-corrected chi connectivity index (χ0v) is 7.57. The van der Waals surface area contributed by atoms with Crippen LogP contribution in [-0.4, -0.2) is 18.6 Å². The lowest BCUT2D eigenvalue weighted by atomic mass is 9.97. The molecule has 0 spiro atoms. The minimum atomic E-state index is 0.244. The van der Waals surface area contributed by atoms with Crippen LogP contribution in [0.15, 0.2) is 0 Å². The van der Waals surface area contributed by atoms with Crippen LogP contribution in [0.4, 0.5) is 0 Å². The highest BCUT2D eigenvalue weighted by molar-refractivity contribution is 4.76. The van der Waals surface area contributed by atoms with Gasteiger partial charge in [0.05, 0.1) is 0 Å². The Labute approximate surface area is 64.2 Å². The molecule has 0 aliphatic heterocycles. The fourth-order valence-electron chi connectivity index (χ4n) is 0.714. The van der Waals surface area contributed by atoms with Crippen molar-refractivity contribution >= 4 is 0 Å². The number of nitrogens with one attached hydrogen (secondary N) is 1. The quantitative estimate of drug-likeness (QED) is 0.620. The molecule has 2 heteroatoms. The minimum absolute atomic E-state index is 0.244. The predicted molar refractivity (Wildman–Crippen MR) is 46.0 cm³/mol. The third-order valence-corrected chi connectivity index (χ3v) is 1.90. The van der Waals surface area contributed by atoms with Gasteiger partial charge in [0, 0.05) is 11.6 Å². The van der Waals surface area contributed by atoms with Gasteiger partial charge in [-0.2, -0.15) is 0 Å². The van der Waals surface area contributed by atoms with E-state index in [1.54, 1.807) is 0 Å². The number of rotatable bonds is 4. The lowest BCUT2D eigenvalue weighted by molar-refractivity contribution is 0.370. The van der Waals surface area contributed by atoms with Crippen LogP contribution in [0.25, 0.3) is 0 Å². The summed E-state index contributed by atoms with van der Waals surface area (Å²) in [4.78, 5) is 0. The van der Waals surface area contributed by atoms with E-state index in [4.69, 9.17) is 5.73 Å². The van der Waals surface area contributed by atoms with Crippen molar-refractivity contribution in [2.24, 2.45) is 5.73 Å². The molecule has 0 aromatic rings. The summed E-state index contributed by atoms with van der Waals surface area (Å²) in [5.41, 5.74) is 5.87. The molecule has 2 nitrogen and oxygen atoms in total. The van der Waals surface area contributed by atoms with Gasteiger partial charge in [0.2, 0.25) is 0 Å². The normalized spacial score (nSPS) is 15.3. The third kappa shape index (κ3) is 4.77. The first-order valence-electron chi connectivity index (χ1n) is 3.92. The summed E-state index contributed by atoms with van der Waals surface area (Å²) in [6.45, 7) is 6.43. The summed E-state index contributed by atoms with van der Waals surface area (Å²) in [5.74, 6) is 0. The molecule has 0 radical (unpaired) electrons. The van der Waals surface area contributed by atoms with Crippen LogP contribution in [0.1, 0.15) is 33.6 Å². The second kappa shape index (κ2) is 3.94. The molecule has 0 amide bonds. The van der Waals surface area contributed by atoms with Crippen LogP contribution < -0.4 is 11.1 Å². The first-order valence-corrected chi connectivity index (χ1v) is 3.92. The third-order valence-electron chi connectivity index (χ3n) is 1.90. The highest BCUT2D eigenvalue weighted by Crippen LogP contribution is 2.10. The molecule has 3 N–H and O–H groups in total. The Hall–Kier alpha value is -0.0800. The van der Waals surface area contributed by atoms with E-state index in [0.29, 0.717) is 6.04 Å². The molecule has 0 aliphatic rings. The average Bonchev–Trinajstić information content (AvgIpc) is 1.85. The first-order chi connectivity index (χ1) is 4.48. The van der Waals surface area contributed by atoms with Crippen LogP contribution in [-0.2, 0) is 0 Å². The van der Waals surface area contributed by atoms with Gasteiger partial charge in [-0.25, -0.2) is 0 Å². The Morgan fingerprint density at radius 3 is 2.30 bits per heavy atom. The molecule has 0 saturated heterocycles. The number of hydrogen-bond acceptors (Lipinski definition) is 2. The van der Waals surface area contributed by atoms with Crippen molar-refractivity contribution in [2.75, 3.05) is 7.05 Å². The predicted octanol–water partition coefficient (Wildman–Crippen LogP) is 1.11. The van der Waals surface area contributed by atoms with E-state index in [0.717, 1.165) is 12.8 Å². The molecular formula is C8H20N2. The van der Waals surface area contributed by atoms with Gasteiger partial charge in [0.15, 0.2) is 0 Å². The molecule has 10 heavy (non-hydrogen) atoms. The molecule has 1 unspecified atom stereocenters. The molecule has 0 bridgehead atoms. The van der Waals surface area contributed by atoms with Crippen molar-refractivity contribution in [1.29, 1.82) is 0 Å². The van der Waals surface area contributed by atoms with E-state index < -0.39 is 0 Å². The van der Waals surface area contributed by atoms with Gasteiger partial charge >= 0.3 is 0 Å². The number of nitrogens with two attached hydrogens (primary N) is 1. The van der Waals surface area contributed by atoms with E-state index in [2.05, 4.69) is 19.2 Å². The molecule has 0 aromatic heterocycles. The Morgan fingerprint density at radius 2 is 2.00 bits per heavy atom. The minimum Gasteiger partial charge on any atom is -0.328 e. The fourth-order valence-corrected chi connectivity index (χ4v) is 0.714. The average molecular weight is 144 g/mol. The van der Waals surface area contributed by atoms with Crippen molar-refractivity contribution in [3.05, 3.63) is 0 Å². The molecule has 1 atom stereocenters. The topological polar surface area (TPSA) is 38.0 Å². The van der Waals surface area contributed by atoms with Gasteiger partial charge in [0.25, 0.3) is 0 Å². The summed E-state index contributed by atoms with van der Waals surface area (Å²) in [7, 11) is 1.99. The van der Waals surface area contributed by atoms with Gasteiger partial charge in [-0.15, -0.1) is 0 Å². The largest absolute Gasteiger partial charge is 0.328 e. The molecule has 0 aromatic carbocycles. The van der Waals surface area contributed by atoms with E-state index in [9.17, 15) is 0 Å². The molecular weight excluding hydrogens is 124 g/mol. The van der Waals surface area contributed by atoms with E-state index in [-0.39, 0.29) is 5.54 Å². The van der Waals surface area contributed by atoms with Gasteiger partial charge in [-0.3, -0.25) is 0 Å². The van der Waals surface area contributed by atoms with Crippen molar-refractivity contribution in [3.63, 3.8) is 0 Å². The molecule has 0 rings (SSSR count). The molecule has 62 valence electrons. The Kier molecular flexibility index (Phi) is 3.91. The molecule has 0 fully saturated rings. The first kappa shape index (κ1) is 9.92. The smallest absolute Gasteiger partial charge is 0.0122 e. The maximum absolute atomic E-state index is 5.63. The van der Waals surface area contributed by atoms with E-state index >= 15 is 0 Å². The molecule has 0 aliphatic carbocycles. The van der Waals surface area contributed by atoms with Gasteiger partial charge in [-0.1, -0.05) is 0 Å². The van der Waals surface area contributed by atoms with Crippen LogP contribution in [0, 0.1) is 0 Å². The second-order valence-corrected chi connectivity index (χ2v) is 3.65. The highest BCUT2D eigenvalue weighted by Gasteiger charge is 2.14. The van der Waals surface area contributed by atoms with Gasteiger partial charge in [-0.05, 0) is 40.7 Å². The second-order valence-electron chi connectivity index (χ2n) is 3.65. The summed E-state index contributed by atoms with van der Waals surface area (Å²) in [5, 5.41) is 3.24. The van der Waals surface area contributed by atoms with E-state index in [1.807, 2.05) is 14.0 Å². The number of hydrogen-bond donors (Lipinski definition) is 2. The van der Waals surface area contributed by atoms with Crippen molar-refractivity contribution in [1.82, 2.24) is 5.32 Å². The van der Waals surface area contributed by atoms with Crippen LogP contribution in [0.3, 0.4) is 0 Å². The zero-order valence-electron chi connectivity index (χ0n) is 7.57. The SMILES string of the molecule is CNC(C)(C)CCC(C)N. The maximum Gasteiger partial charge on any atom is 0.0122 e. The summed E-state index contributed by atoms with van der Waals surface area (Å²) in [6.07, 6.45) is 2.23. The highest BCUT2D eigenvalue weighted by atomic mass is 14.9. The summed E-state index contributed by atoms with van der Waals surface area (Å²) < 4.78 is 0. The summed E-state index contributed by atoms with van der Waals surface area (Å²) in [6, 6.07) is 0.327. The Balaban J connectivity index is 3.46. The summed E-state index contributed by atoms with van der Waals surface area (Å²) >= 11 is 0.